The molecule has 3 atom stereocenters. The minimum absolute atomic E-state index is 0.00597. The summed E-state index contributed by atoms with van der Waals surface area (Å²) in [5.41, 5.74) is 5.95. The van der Waals surface area contributed by atoms with Crippen molar-refractivity contribution in [2.45, 2.75) is 19.4 Å². The maximum Gasteiger partial charge on any atom is 0.153 e. The second-order valence-electron chi connectivity index (χ2n) is 3.45. The summed E-state index contributed by atoms with van der Waals surface area (Å²) >= 11 is -0.0825. The molecule has 0 aromatic carbocycles. The van der Waals surface area contributed by atoms with Crippen molar-refractivity contribution in [3.63, 3.8) is 0 Å². The van der Waals surface area contributed by atoms with Gasteiger partial charge in [-0.3, -0.25) is 0 Å². The Morgan fingerprint density at radius 2 is 2.43 bits per heavy atom. The maximum absolute atomic E-state index is 10.6. The molecule has 5 heteroatoms. The van der Waals surface area contributed by atoms with Gasteiger partial charge < -0.3 is 10.3 Å². The van der Waals surface area contributed by atoms with Gasteiger partial charge in [0.1, 0.15) is 0 Å². The number of hydrogen-bond donors (Lipinski definition) is 2. The van der Waals surface area contributed by atoms with Crippen molar-refractivity contribution in [2.75, 3.05) is 5.75 Å². The van der Waals surface area contributed by atoms with Gasteiger partial charge in [0.2, 0.25) is 0 Å². The number of rotatable bonds is 5. The third-order valence-electron chi connectivity index (χ3n) is 1.99. The van der Waals surface area contributed by atoms with E-state index in [0.717, 1.165) is 11.3 Å². The molecule has 0 fully saturated rings. The lowest BCUT2D eigenvalue weighted by Gasteiger charge is -2.14. The van der Waals surface area contributed by atoms with E-state index in [1.807, 2.05) is 24.4 Å². The highest BCUT2D eigenvalue weighted by molar-refractivity contribution is 7.79. The minimum Gasteiger partial charge on any atom is -0.323 e. The lowest BCUT2D eigenvalue weighted by atomic mass is 10.0. The Morgan fingerprint density at radius 3 is 2.93 bits per heavy atom. The SMILES string of the molecule is CC(CC(N)c1cccs1)CS(=O)O. The molecule has 0 spiro atoms. The van der Waals surface area contributed by atoms with Crippen molar-refractivity contribution in [3.05, 3.63) is 22.4 Å². The Bertz CT molecular complexity index is 287. The van der Waals surface area contributed by atoms with Crippen LogP contribution >= 0.6 is 11.3 Å². The molecule has 1 aromatic rings. The zero-order valence-corrected chi connectivity index (χ0v) is 9.68. The molecule has 3 nitrogen and oxygen atoms in total. The zero-order chi connectivity index (χ0) is 10.6. The summed E-state index contributed by atoms with van der Waals surface area (Å²) in [5.74, 6) is 0.483. The summed E-state index contributed by atoms with van der Waals surface area (Å²) in [5, 5.41) is 1.99. The first-order valence-electron chi connectivity index (χ1n) is 4.46. The molecule has 0 amide bonds. The highest BCUT2D eigenvalue weighted by atomic mass is 32.2. The second-order valence-corrected chi connectivity index (χ2v) is 5.41. The Kier molecular flexibility index (Phi) is 4.74. The monoisotopic (exact) mass is 233 g/mol. The predicted octanol–water partition coefficient (Wildman–Crippen LogP) is 2.00. The van der Waals surface area contributed by atoms with Crippen LogP contribution in [0.15, 0.2) is 17.5 Å². The molecule has 0 aliphatic rings. The first kappa shape index (κ1) is 11.8. The molecule has 1 heterocycles. The number of hydrogen-bond acceptors (Lipinski definition) is 3. The zero-order valence-electron chi connectivity index (χ0n) is 8.05. The number of thiophene rings is 1. The van der Waals surface area contributed by atoms with Gasteiger partial charge in [-0.15, -0.1) is 11.3 Å². The van der Waals surface area contributed by atoms with Crippen LogP contribution in [-0.2, 0) is 11.1 Å². The molecule has 0 aliphatic heterocycles. The molecule has 3 N–H and O–H groups in total. The first-order chi connectivity index (χ1) is 6.59. The fourth-order valence-electron chi connectivity index (χ4n) is 1.36. The quantitative estimate of drug-likeness (QED) is 0.765. The summed E-state index contributed by atoms with van der Waals surface area (Å²) in [4.78, 5) is 1.14. The van der Waals surface area contributed by atoms with Gasteiger partial charge in [0.05, 0.1) is 5.75 Å². The van der Waals surface area contributed by atoms with Crippen molar-refractivity contribution >= 4 is 22.4 Å². The van der Waals surface area contributed by atoms with Crippen LogP contribution in [0.1, 0.15) is 24.3 Å². The van der Waals surface area contributed by atoms with Crippen molar-refractivity contribution in [2.24, 2.45) is 11.7 Å². The average molecular weight is 233 g/mol. The topological polar surface area (TPSA) is 63.3 Å². The van der Waals surface area contributed by atoms with Gasteiger partial charge in [-0.25, -0.2) is 4.21 Å². The normalized spacial score (nSPS) is 17.6. The Hall–Kier alpha value is -0.230. The molecule has 0 bridgehead atoms. The molecule has 14 heavy (non-hydrogen) atoms. The average Bonchev–Trinajstić information content (AvgIpc) is 2.53. The van der Waals surface area contributed by atoms with Crippen molar-refractivity contribution in [3.8, 4) is 0 Å². The molecular weight excluding hydrogens is 218 g/mol. The summed E-state index contributed by atoms with van der Waals surface area (Å²) in [6.45, 7) is 1.95. The third-order valence-corrected chi connectivity index (χ3v) is 3.85. The lowest BCUT2D eigenvalue weighted by Crippen LogP contribution is -2.16. The highest BCUT2D eigenvalue weighted by Gasteiger charge is 2.13. The molecule has 0 saturated heterocycles. The van der Waals surface area contributed by atoms with Crippen LogP contribution in [-0.4, -0.2) is 14.5 Å². The largest absolute Gasteiger partial charge is 0.323 e. The van der Waals surface area contributed by atoms with Crippen molar-refractivity contribution < 1.29 is 8.76 Å². The smallest absolute Gasteiger partial charge is 0.153 e. The lowest BCUT2D eigenvalue weighted by molar-refractivity contribution is 0.495. The van der Waals surface area contributed by atoms with Crippen LogP contribution in [0.4, 0.5) is 0 Å². The maximum atomic E-state index is 10.6. The van der Waals surface area contributed by atoms with E-state index in [9.17, 15) is 4.21 Å². The van der Waals surface area contributed by atoms with E-state index in [4.69, 9.17) is 10.3 Å². The number of nitrogens with two attached hydrogens (primary N) is 1. The van der Waals surface area contributed by atoms with E-state index in [1.165, 1.54) is 0 Å². The van der Waals surface area contributed by atoms with Crippen LogP contribution in [0.2, 0.25) is 0 Å². The molecule has 0 saturated carbocycles. The van der Waals surface area contributed by atoms with E-state index >= 15 is 0 Å². The van der Waals surface area contributed by atoms with E-state index in [2.05, 4.69) is 0 Å². The van der Waals surface area contributed by atoms with Crippen molar-refractivity contribution in [1.82, 2.24) is 0 Å². The van der Waals surface area contributed by atoms with Gasteiger partial charge in [-0.1, -0.05) is 13.0 Å². The minimum atomic E-state index is -1.71. The predicted molar refractivity (Wildman–Crippen MR) is 60.7 cm³/mol. The first-order valence-corrected chi connectivity index (χ1v) is 6.61. The standard InChI is InChI=1S/C9H15NO2S2/c1-7(6-14(11)12)5-8(10)9-3-2-4-13-9/h2-4,7-8H,5-6,10H2,1H3,(H,11,12). The summed E-state index contributed by atoms with van der Waals surface area (Å²) in [6.07, 6.45) is 0.757. The highest BCUT2D eigenvalue weighted by Crippen LogP contribution is 2.23. The molecule has 0 aliphatic carbocycles. The van der Waals surface area contributed by atoms with Crippen molar-refractivity contribution in [1.29, 1.82) is 0 Å². The van der Waals surface area contributed by atoms with E-state index in [1.54, 1.807) is 11.3 Å². The molecular formula is C9H15NO2S2. The van der Waals surface area contributed by atoms with Gasteiger partial charge >= 0.3 is 0 Å². The van der Waals surface area contributed by atoms with E-state index in [-0.39, 0.29) is 12.0 Å². The van der Waals surface area contributed by atoms with Gasteiger partial charge in [0.25, 0.3) is 0 Å². The third kappa shape index (κ3) is 3.88. The molecule has 1 rings (SSSR count). The van der Waals surface area contributed by atoms with Crippen LogP contribution in [0.25, 0.3) is 0 Å². The van der Waals surface area contributed by atoms with Gasteiger partial charge in [0, 0.05) is 10.9 Å². The molecule has 80 valence electrons. The molecule has 1 aromatic heterocycles. The Labute approximate surface area is 90.6 Å². The van der Waals surface area contributed by atoms with Gasteiger partial charge in [-0.05, 0) is 23.8 Å². The summed E-state index contributed by atoms with van der Waals surface area (Å²) in [7, 11) is 0. The van der Waals surface area contributed by atoms with E-state index in [0.29, 0.717) is 5.75 Å². The van der Waals surface area contributed by atoms with Crippen LogP contribution < -0.4 is 5.73 Å². The summed E-state index contributed by atoms with van der Waals surface area (Å²) in [6, 6.07) is 3.96. The van der Waals surface area contributed by atoms with E-state index < -0.39 is 11.1 Å². The molecule has 0 radical (unpaired) electrons. The van der Waals surface area contributed by atoms with Gasteiger partial charge in [-0.2, -0.15) is 0 Å². The van der Waals surface area contributed by atoms with Crippen LogP contribution in [0.3, 0.4) is 0 Å². The Balaban J connectivity index is 2.41. The second kappa shape index (κ2) is 5.60. The fourth-order valence-corrected chi connectivity index (χ4v) is 2.73. The van der Waals surface area contributed by atoms with Gasteiger partial charge in [0.15, 0.2) is 11.1 Å². The van der Waals surface area contributed by atoms with Crippen LogP contribution in [0.5, 0.6) is 0 Å². The van der Waals surface area contributed by atoms with Crippen LogP contribution in [0, 0.1) is 5.92 Å². The summed E-state index contributed by atoms with van der Waals surface area (Å²) < 4.78 is 19.3. The fraction of sp³-hybridized carbons (Fsp3) is 0.556. The molecule has 3 unspecified atom stereocenters. The Morgan fingerprint density at radius 1 is 1.71 bits per heavy atom.